The summed E-state index contributed by atoms with van der Waals surface area (Å²) < 4.78 is 18.7. The fourth-order valence-corrected chi connectivity index (χ4v) is 2.17. The van der Waals surface area contributed by atoms with Crippen LogP contribution >= 0.6 is 0 Å². The van der Waals surface area contributed by atoms with Gasteiger partial charge in [-0.2, -0.15) is 0 Å². The van der Waals surface area contributed by atoms with E-state index in [1.165, 1.54) is 12.1 Å². The molecule has 0 fully saturated rings. The van der Waals surface area contributed by atoms with E-state index in [1.54, 1.807) is 37.6 Å². The molecule has 2 aromatic carbocycles. The van der Waals surface area contributed by atoms with Crippen molar-refractivity contribution in [3.05, 3.63) is 60.0 Å². The van der Waals surface area contributed by atoms with Gasteiger partial charge in [-0.15, -0.1) is 0 Å². The summed E-state index contributed by atoms with van der Waals surface area (Å²) in [5.74, 6) is -0.190. The Balaban J connectivity index is 1.96. The molecule has 3 aromatic rings. The molecule has 0 saturated carbocycles. The molecule has 0 saturated heterocycles. The lowest BCUT2D eigenvalue weighted by molar-refractivity contribution is 0.102. The number of aromatic amines is 1. The SMILES string of the molecule is COc1ccc2[nH]cc(C(=O)Nc3ccccc3F)c2c1. The first-order chi connectivity index (χ1) is 10.2. The Morgan fingerprint density at radius 3 is 2.81 bits per heavy atom. The molecular weight excluding hydrogens is 271 g/mol. The number of ether oxygens (including phenoxy) is 1. The van der Waals surface area contributed by atoms with Gasteiger partial charge in [0.05, 0.1) is 18.4 Å². The van der Waals surface area contributed by atoms with Crippen molar-refractivity contribution in [2.75, 3.05) is 12.4 Å². The molecule has 0 unspecified atom stereocenters. The standard InChI is InChI=1S/C16H13FN2O2/c1-21-10-6-7-14-11(8-10)12(9-18-14)16(20)19-15-5-3-2-4-13(15)17/h2-9,18H,1H3,(H,19,20). The Labute approximate surface area is 120 Å². The number of methoxy groups -OCH3 is 1. The van der Waals surface area contributed by atoms with E-state index in [-0.39, 0.29) is 11.6 Å². The van der Waals surface area contributed by atoms with Gasteiger partial charge in [0.25, 0.3) is 5.91 Å². The molecule has 0 aliphatic carbocycles. The number of para-hydroxylation sites is 1. The number of anilines is 1. The molecule has 0 radical (unpaired) electrons. The Hall–Kier alpha value is -2.82. The first-order valence-electron chi connectivity index (χ1n) is 6.40. The number of halogens is 1. The van der Waals surface area contributed by atoms with Gasteiger partial charge in [0.1, 0.15) is 11.6 Å². The highest BCUT2D eigenvalue weighted by molar-refractivity contribution is 6.13. The van der Waals surface area contributed by atoms with Crippen LogP contribution in [0.15, 0.2) is 48.7 Å². The van der Waals surface area contributed by atoms with Crippen LogP contribution in [-0.4, -0.2) is 18.0 Å². The highest BCUT2D eigenvalue weighted by Crippen LogP contribution is 2.24. The first-order valence-corrected chi connectivity index (χ1v) is 6.40. The average molecular weight is 284 g/mol. The van der Waals surface area contributed by atoms with Gasteiger partial charge in [0.2, 0.25) is 0 Å². The summed E-state index contributed by atoms with van der Waals surface area (Å²) in [6, 6.07) is 11.4. The van der Waals surface area contributed by atoms with Crippen LogP contribution in [0.25, 0.3) is 10.9 Å². The van der Waals surface area contributed by atoms with Crippen LogP contribution in [0, 0.1) is 5.82 Å². The van der Waals surface area contributed by atoms with Gasteiger partial charge >= 0.3 is 0 Å². The molecule has 5 heteroatoms. The lowest BCUT2D eigenvalue weighted by Crippen LogP contribution is -2.12. The Kier molecular flexibility index (Phi) is 3.31. The summed E-state index contributed by atoms with van der Waals surface area (Å²) in [6.07, 6.45) is 1.60. The van der Waals surface area contributed by atoms with Crippen molar-refractivity contribution in [2.24, 2.45) is 0 Å². The first kappa shape index (κ1) is 13.2. The molecule has 2 N–H and O–H groups in total. The summed E-state index contributed by atoms with van der Waals surface area (Å²) in [5.41, 5.74) is 1.40. The number of rotatable bonds is 3. The van der Waals surface area contributed by atoms with Crippen molar-refractivity contribution in [3.8, 4) is 5.75 Å². The smallest absolute Gasteiger partial charge is 0.257 e. The largest absolute Gasteiger partial charge is 0.497 e. The number of fused-ring (bicyclic) bond motifs is 1. The summed E-state index contributed by atoms with van der Waals surface area (Å²) in [5, 5.41) is 3.29. The molecule has 4 nitrogen and oxygen atoms in total. The Bertz CT molecular complexity index is 811. The van der Waals surface area contributed by atoms with Gasteiger partial charge in [-0.25, -0.2) is 4.39 Å². The molecule has 1 amide bonds. The predicted molar refractivity (Wildman–Crippen MR) is 79.2 cm³/mol. The van der Waals surface area contributed by atoms with Gasteiger partial charge in [-0.1, -0.05) is 12.1 Å². The van der Waals surface area contributed by atoms with Gasteiger partial charge in [0, 0.05) is 17.1 Å². The van der Waals surface area contributed by atoms with Crippen molar-refractivity contribution in [3.63, 3.8) is 0 Å². The number of hydrogen-bond acceptors (Lipinski definition) is 2. The third-order valence-corrected chi connectivity index (χ3v) is 3.26. The second-order valence-corrected chi connectivity index (χ2v) is 4.55. The van der Waals surface area contributed by atoms with E-state index in [4.69, 9.17) is 4.74 Å². The number of carbonyl (C=O) groups excluding carboxylic acids is 1. The minimum Gasteiger partial charge on any atom is -0.497 e. The van der Waals surface area contributed by atoms with E-state index in [1.807, 2.05) is 6.07 Å². The maximum atomic E-state index is 13.6. The average Bonchev–Trinajstić information content (AvgIpc) is 2.92. The van der Waals surface area contributed by atoms with Crippen LogP contribution in [0.3, 0.4) is 0 Å². The number of amides is 1. The van der Waals surface area contributed by atoms with E-state index >= 15 is 0 Å². The van der Waals surface area contributed by atoms with Gasteiger partial charge in [-0.3, -0.25) is 4.79 Å². The van der Waals surface area contributed by atoms with Crippen molar-refractivity contribution in [1.29, 1.82) is 0 Å². The van der Waals surface area contributed by atoms with E-state index < -0.39 is 5.82 Å². The molecule has 1 aromatic heterocycles. The lowest BCUT2D eigenvalue weighted by atomic mass is 10.1. The van der Waals surface area contributed by atoms with Crippen molar-refractivity contribution in [2.45, 2.75) is 0 Å². The molecule has 0 aliphatic heterocycles. The maximum Gasteiger partial charge on any atom is 0.257 e. The fourth-order valence-electron chi connectivity index (χ4n) is 2.17. The second kappa shape index (κ2) is 5.28. The zero-order valence-electron chi connectivity index (χ0n) is 11.3. The van der Waals surface area contributed by atoms with Crippen LogP contribution < -0.4 is 10.1 Å². The molecule has 0 spiro atoms. The molecule has 106 valence electrons. The molecule has 1 heterocycles. The van der Waals surface area contributed by atoms with E-state index in [2.05, 4.69) is 10.3 Å². The maximum absolute atomic E-state index is 13.6. The molecule has 0 bridgehead atoms. The van der Waals surface area contributed by atoms with Crippen LogP contribution in [0.5, 0.6) is 5.75 Å². The van der Waals surface area contributed by atoms with E-state index in [9.17, 15) is 9.18 Å². The van der Waals surface area contributed by atoms with Gasteiger partial charge in [-0.05, 0) is 30.3 Å². The number of benzene rings is 2. The summed E-state index contributed by atoms with van der Waals surface area (Å²) in [7, 11) is 1.56. The number of H-pyrrole nitrogens is 1. The minimum atomic E-state index is -0.469. The third kappa shape index (κ3) is 2.45. The fraction of sp³-hybridized carbons (Fsp3) is 0.0625. The molecule has 21 heavy (non-hydrogen) atoms. The highest BCUT2D eigenvalue weighted by atomic mass is 19.1. The number of nitrogens with one attached hydrogen (secondary N) is 2. The molecule has 0 aliphatic rings. The van der Waals surface area contributed by atoms with Crippen LogP contribution in [-0.2, 0) is 0 Å². The summed E-state index contributed by atoms with van der Waals surface area (Å²) in [6.45, 7) is 0. The normalized spacial score (nSPS) is 10.6. The van der Waals surface area contributed by atoms with Crippen LogP contribution in [0.2, 0.25) is 0 Å². The third-order valence-electron chi connectivity index (χ3n) is 3.26. The highest BCUT2D eigenvalue weighted by Gasteiger charge is 2.14. The van der Waals surface area contributed by atoms with E-state index in [0.29, 0.717) is 11.3 Å². The quantitative estimate of drug-likeness (QED) is 0.772. The number of aromatic nitrogens is 1. The van der Waals surface area contributed by atoms with Crippen molar-refractivity contribution < 1.29 is 13.9 Å². The molecular formula is C16H13FN2O2. The van der Waals surface area contributed by atoms with Gasteiger partial charge < -0.3 is 15.0 Å². The monoisotopic (exact) mass is 284 g/mol. The Morgan fingerprint density at radius 1 is 1.24 bits per heavy atom. The van der Waals surface area contributed by atoms with Crippen molar-refractivity contribution >= 4 is 22.5 Å². The van der Waals surface area contributed by atoms with E-state index in [0.717, 1.165) is 10.9 Å². The zero-order chi connectivity index (χ0) is 14.8. The van der Waals surface area contributed by atoms with Crippen LogP contribution in [0.4, 0.5) is 10.1 Å². The topological polar surface area (TPSA) is 54.1 Å². The lowest BCUT2D eigenvalue weighted by Gasteiger charge is -2.06. The number of carbonyl (C=O) groups is 1. The summed E-state index contributed by atoms with van der Waals surface area (Å²) >= 11 is 0. The number of hydrogen-bond donors (Lipinski definition) is 2. The minimum absolute atomic E-state index is 0.153. The Morgan fingerprint density at radius 2 is 2.05 bits per heavy atom. The van der Waals surface area contributed by atoms with Gasteiger partial charge in [0.15, 0.2) is 0 Å². The zero-order valence-corrected chi connectivity index (χ0v) is 11.3. The molecule has 0 atom stereocenters. The molecule has 3 rings (SSSR count). The summed E-state index contributed by atoms with van der Waals surface area (Å²) in [4.78, 5) is 15.3. The van der Waals surface area contributed by atoms with Crippen LogP contribution in [0.1, 0.15) is 10.4 Å². The second-order valence-electron chi connectivity index (χ2n) is 4.55. The van der Waals surface area contributed by atoms with Crippen molar-refractivity contribution in [1.82, 2.24) is 4.98 Å². The predicted octanol–water partition coefficient (Wildman–Crippen LogP) is 3.57.